The highest BCUT2D eigenvalue weighted by atomic mass is 32.1. The summed E-state index contributed by atoms with van der Waals surface area (Å²) in [5.41, 5.74) is 1.80. The first-order chi connectivity index (χ1) is 15.4. The Hall–Kier alpha value is -2.84. The van der Waals surface area contributed by atoms with E-state index in [1.165, 1.54) is 0 Å². The van der Waals surface area contributed by atoms with Crippen molar-refractivity contribution < 1.29 is 14.3 Å². The molecule has 0 spiro atoms. The number of nitrogens with one attached hydrogen (secondary N) is 1. The summed E-state index contributed by atoms with van der Waals surface area (Å²) in [5.74, 6) is -0.0396. The Bertz CT molecular complexity index is 1020. The lowest BCUT2D eigenvalue weighted by atomic mass is 10.0. The van der Waals surface area contributed by atoms with Crippen LogP contribution in [0.5, 0.6) is 0 Å². The van der Waals surface area contributed by atoms with Gasteiger partial charge in [0.15, 0.2) is 0 Å². The van der Waals surface area contributed by atoms with E-state index in [4.69, 9.17) is 29.2 Å². The fraction of sp³-hybridized carbons (Fsp3) is 0.333. The average Bonchev–Trinajstić information content (AvgIpc) is 3.21. The zero-order valence-electron chi connectivity index (χ0n) is 17.9. The molecule has 2 aliphatic heterocycles. The van der Waals surface area contributed by atoms with Crippen LogP contribution in [-0.4, -0.2) is 57.0 Å². The first kappa shape index (κ1) is 22.4. The van der Waals surface area contributed by atoms with E-state index in [1.807, 2.05) is 61.5 Å². The van der Waals surface area contributed by atoms with Crippen LogP contribution in [0.25, 0.3) is 0 Å². The van der Waals surface area contributed by atoms with E-state index in [0.29, 0.717) is 35.1 Å². The molecule has 2 heterocycles. The molecule has 8 heteroatoms. The molecule has 0 radical (unpaired) electrons. The monoisotopic (exact) mass is 467 g/mol. The molecule has 2 aliphatic rings. The minimum Gasteiger partial charge on any atom is -0.445 e. The molecule has 4 rings (SSSR count). The molecule has 2 aromatic carbocycles. The van der Waals surface area contributed by atoms with Crippen molar-refractivity contribution >= 4 is 46.4 Å². The molecule has 0 saturated carbocycles. The molecule has 6 nitrogen and oxygen atoms in total. The number of amides is 2. The first-order valence-electron chi connectivity index (χ1n) is 10.6. The summed E-state index contributed by atoms with van der Waals surface area (Å²) in [5, 5.41) is 2.93. The largest absolute Gasteiger partial charge is 0.445 e. The van der Waals surface area contributed by atoms with Gasteiger partial charge in [0.05, 0.1) is 11.1 Å². The molecular formula is C24H25N3O3S2. The third-order valence-electron chi connectivity index (χ3n) is 5.92. The van der Waals surface area contributed by atoms with Crippen LogP contribution in [-0.2, 0) is 11.3 Å². The van der Waals surface area contributed by atoms with Crippen LogP contribution in [0.2, 0.25) is 0 Å². The molecule has 2 amide bonds. The number of thiocarbonyl (C=S) groups is 2. The van der Waals surface area contributed by atoms with Gasteiger partial charge in [-0.3, -0.25) is 9.69 Å². The van der Waals surface area contributed by atoms with Crippen molar-refractivity contribution in [2.45, 2.75) is 31.9 Å². The third kappa shape index (κ3) is 4.52. The number of likely N-dealkylation sites (tertiary alicyclic amines) is 1. The Kier molecular flexibility index (Phi) is 6.53. The lowest BCUT2D eigenvalue weighted by molar-refractivity contribution is 0.0859. The maximum atomic E-state index is 12.6. The highest BCUT2D eigenvalue weighted by Gasteiger charge is 2.41. The van der Waals surface area contributed by atoms with Gasteiger partial charge in [-0.2, -0.15) is 0 Å². The van der Waals surface area contributed by atoms with Gasteiger partial charge >= 0.3 is 6.09 Å². The van der Waals surface area contributed by atoms with E-state index in [0.717, 1.165) is 24.1 Å². The Morgan fingerprint density at radius 3 is 2.47 bits per heavy atom. The fourth-order valence-electron chi connectivity index (χ4n) is 4.09. The SMILES string of the molecule is C[C@@]1(NC(=O)OCc2ccccc2)CCN(CCCN2C(=O)c3ccccc3C2=S)C1=S. The highest BCUT2D eigenvalue weighted by molar-refractivity contribution is 7.81. The third-order valence-corrected chi connectivity index (χ3v) is 7.07. The normalized spacial score (nSPS) is 20.0. The minimum atomic E-state index is -0.627. The van der Waals surface area contributed by atoms with E-state index in [-0.39, 0.29) is 12.5 Å². The number of hydrogen-bond donors (Lipinski definition) is 1. The summed E-state index contributed by atoms with van der Waals surface area (Å²) in [6, 6.07) is 17.0. The van der Waals surface area contributed by atoms with E-state index in [1.54, 1.807) is 4.90 Å². The lowest BCUT2D eigenvalue weighted by Crippen LogP contribution is -2.51. The fourth-order valence-corrected chi connectivity index (χ4v) is 4.78. The van der Waals surface area contributed by atoms with Crippen LogP contribution in [0.1, 0.15) is 41.3 Å². The van der Waals surface area contributed by atoms with Crippen molar-refractivity contribution in [1.82, 2.24) is 15.1 Å². The predicted molar refractivity (Wildman–Crippen MR) is 131 cm³/mol. The summed E-state index contributed by atoms with van der Waals surface area (Å²) in [6.07, 6.45) is 0.958. The van der Waals surface area contributed by atoms with Gasteiger partial charge in [0, 0.05) is 25.2 Å². The van der Waals surface area contributed by atoms with Crippen molar-refractivity contribution in [2.24, 2.45) is 0 Å². The van der Waals surface area contributed by atoms with E-state index < -0.39 is 11.6 Å². The number of benzene rings is 2. The van der Waals surface area contributed by atoms with Gasteiger partial charge in [0.25, 0.3) is 5.91 Å². The van der Waals surface area contributed by atoms with Crippen LogP contribution in [0, 0.1) is 0 Å². The van der Waals surface area contributed by atoms with Crippen molar-refractivity contribution in [3.05, 3.63) is 71.3 Å². The molecule has 2 aromatic rings. The number of hydrogen-bond acceptors (Lipinski definition) is 5. The number of alkyl carbamates (subject to hydrolysis) is 1. The Labute approximate surface area is 198 Å². The number of ether oxygens (including phenoxy) is 1. The van der Waals surface area contributed by atoms with Crippen molar-refractivity contribution in [2.75, 3.05) is 19.6 Å². The summed E-state index contributed by atoms with van der Waals surface area (Å²) in [7, 11) is 0. The molecule has 1 atom stereocenters. The topological polar surface area (TPSA) is 61.9 Å². The smallest absolute Gasteiger partial charge is 0.408 e. The second kappa shape index (κ2) is 9.34. The van der Waals surface area contributed by atoms with Crippen LogP contribution in [0.3, 0.4) is 0 Å². The van der Waals surface area contributed by atoms with Crippen molar-refractivity contribution in [3.63, 3.8) is 0 Å². The standard InChI is InChI=1S/C24H25N3O3S2/c1-24(25-23(29)30-16-17-8-3-2-4-9-17)12-15-26(22(24)32)13-7-14-27-20(28)18-10-5-6-11-19(18)21(27)31/h2-6,8-11H,7,12-16H2,1H3,(H,25,29)/t24-/m1/s1. The number of nitrogens with zero attached hydrogens (tertiary/aromatic N) is 2. The molecule has 0 aromatic heterocycles. The minimum absolute atomic E-state index is 0.0396. The first-order valence-corrected chi connectivity index (χ1v) is 11.4. The maximum Gasteiger partial charge on any atom is 0.408 e. The number of rotatable bonds is 7. The van der Waals surface area contributed by atoms with Crippen LogP contribution in [0.4, 0.5) is 4.79 Å². The van der Waals surface area contributed by atoms with E-state index >= 15 is 0 Å². The Morgan fingerprint density at radius 1 is 1.06 bits per heavy atom. The second-order valence-electron chi connectivity index (χ2n) is 8.22. The zero-order valence-corrected chi connectivity index (χ0v) is 19.5. The molecule has 1 N–H and O–H groups in total. The molecule has 166 valence electrons. The summed E-state index contributed by atoms with van der Waals surface area (Å²) in [6.45, 7) is 4.11. The molecule has 0 aliphatic carbocycles. The summed E-state index contributed by atoms with van der Waals surface area (Å²) < 4.78 is 5.36. The summed E-state index contributed by atoms with van der Waals surface area (Å²) in [4.78, 5) is 30.0. The molecule has 1 fully saturated rings. The molecule has 0 unspecified atom stereocenters. The number of carbonyl (C=O) groups is 2. The van der Waals surface area contributed by atoms with Crippen molar-refractivity contribution in [1.29, 1.82) is 0 Å². The van der Waals surface area contributed by atoms with Crippen LogP contribution >= 0.6 is 24.4 Å². The molecule has 1 saturated heterocycles. The van der Waals surface area contributed by atoms with Gasteiger partial charge < -0.3 is 15.0 Å². The van der Waals surface area contributed by atoms with Gasteiger partial charge in [0.2, 0.25) is 0 Å². The molecule has 0 bridgehead atoms. The number of carbonyl (C=O) groups excluding carboxylic acids is 2. The van der Waals surface area contributed by atoms with Crippen molar-refractivity contribution in [3.8, 4) is 0 Å². The van der Waals surface area contributed by atoms with Gasteiger partial charge in [-0.25, -0.2) is 4.79 Å². The quantitative estimate of drug-likeness (QED) is 0.623. The maximum absolute atomic E-state index is 12.6. The Morgan fingerprint density at radius 2 is 1.75 bits per heavy atom. The molecular weight excluding hydrogens is 442 g/mol. The van der Waals surface area contributed by atoms with Gasteiger partial charge in [-0.05, 0) is 31.4 Å². The zero-order chi connectivity index (χ0) is 22.7. The van der Waals surface area contributed by atoms with Gasteiger partial charge in [-0.15, -0.1) is 0 Å². The van der Waals surface area contributed by atoms with Gasteiger partial charge in [-0.1, -0.05) is 73.0 Å². The average molecular weight is 468 g/mol. The van der Waals surface area contributed by atoms with E-state index in [9.17, 15) is 9.59 Å². The van der Waals surface area contributed by atoms with E-state index in [2.05, 4.69) is 10.2 Å². The summed E-state index contributed by atoms with van der Waals surface area (Å²) >= 11 is 11.2. The Balaban J connectivity index is 1.26. The highest BCUT2D eigenvalue weighted by Crippen LogP contribution is 2.26. The lowest BCUT2D eigenvalue weighted by Gasteiger charge is -2.28. The van der Waals surface area contributed by atoms with Crippen LogP contribution < -0.4 is 5.32 Å². The van der Waals surface area contributed by atoms with Gasteiger partial charge in [0.1, 0.15) is 16.6 Å². The molecule has 32 heavy (non-hydrogen) atoms. The second-order valence-corrected chi connectivity index (χ2v) is 9.00. The van der Waals surface area contributed by atoms with Crippen LogP contribution in [0.15, 0.2) is 54.6 Å². The number of fused-ring (bicyclic) bond motifs is 1. The predicted octanol–water partition coefficient (Wildman–Crippen LogP) is 3.93.